The van der Waals surface area contributed by atoms with Crippen LogP contribution in [0.25, 0.3) is 0 Å². The van der Waals surface area contributed by atoms with Gasteiger partial charge in [0.05, 0.1) is 17.0 Å². The number of rotatable bonds is 5. The van der Waals surface area contributed by atoms with E-state index in [9.17, 15) is 12.8 Å². The van der Waals surface area contributed by atoms with Gasteiger partial charge in [0.15, 0.2) is 9.84 Å². The highest BCUT2D eigenvalue weighted by molar-refractivity contribution is 7.92. The van der Waals surface area contributed by atoms with Crippen LogP contribution in [0.1, 0.15) is 44.2 Å². The Morgan fingerprint density at radius 2 is 2.19 bits per heavy atom. The molecule has 0 amide bonds. The van der Waals surface area contributed by atoms with Gasteiger partial charge in [0.2, 0.25) is 0 Å². The van der Waals surface area contributed by atoms with Gasteiger partial charge in [-0.05, 0) is 37.9 Å². The van der Waals surface area contributed by atoms with Crippen molar-refractivity contribution < 1.29 is 12.8 Å². The molecule has 1 heterocycles. The number of hydrogen-bond donors (Lipinski definition) is 1. The average Bonchev–Trinajstić information content (AvgIpc) is 2.42. The van der Waals surface area contributed by atoms with E-state index in [1.165, 1.54) is 6.07 Å². The zero-order valence-corrected chi connectivity index (χ0v) is 13.7. The molecule has 2 rings (SSSR count). The molecule has 21 heavy (non-hydrogen) atoms. The molecule has 0 saturated carbocycles. The first kappa shape index (κ1) is 16.7. The van der Waals surface area contributed by atoms with Gasteiger partial charge in [-0.1, -0.05) is 31.0 Å². The normalized spacial score (nSPS) is 22.9. The minimum atomic E-state index is -3.19. The number of nitrogens with one attached hydrogen (secondary N) is 1. The van der Waals surface area contributed by atoms with Crippen molar-refractivity contribution in [3.8, 4) is 0 Å². The minimum Gasteiger partial charge on any atom is -0.309 e. The predicted molar refractivity (Wildman–Crippen MR) is 83.9 cm³/mol. The molecule has 1 aliphatic rings. The molecular weight excluding hydrogens is 313 g/mol. The molecule has 1 fully saturated rings. The second-order valence-corrected chi connectivity index (χ2v) is 8.27. The molecule has 1 N–H and O–H groups in total. The first-order valence-corrected chi connectivity index (χ1v) is 9.45. The highest BCUT2D eigenvalue weighted by Crippen LogP contribution is 2.32. The third-order valence-electron chi connectivity index (χ3n) is 3.91. The molecular formula is C15H21ClFNO2S. The van der Waals surface area contributed by atoms with Crippen LogP contribution in [0.5, 0.6) is 0 Å². The Morgan fingerprint density at radius 1 is 1.43 bits per heavy atom. The van der Waals surface area contributed by atoms with Crippen molar-refractivity contribution in [2.45, 2.75) is 43.9 Å². The molecule has 118 valence electrons. The van der Waals surface area contributed by atoms with Crippen LogP contribution in [0.15, 0.2) is 18.2 Å². The van der Waals surface area contributed by atoms with Crippen LogP contribution in [0.2, 0.25) is 5.02 Å². The summed E-state index contributed by atoms with van der Waals surface area (Å²) < 4.78 is 38.9. The van der Waals surface area contributed by atoms with E-state index in [2.05, 4.69) is 5.32 Å². The Kier molecular flexibility index (Phi) is 5.63. The summed E-state index contributed by atoms with van der Waals surface area (Å²) in [7, 11) is -3.19. The molecule has 6 heteroatoms. The second kappa shape index (κ2) is 7.07. The van der Waals surface area contributed by atoms with Gasteiger partial charge in [-0.25, -0.2) is 12.8 Å². The second-order valence-electron chi connectivity index (χ2n) is 5.50. The van der Waals surface area contributed by atoms with Crippen molar-refractivity contribution in [1.82, 2.24) is 5.32 Å². The van der Waals surface area contributed by atoms with E-state index in [4.69, 9.17) is 11.6 Å². The van der Waals surface area contributed by atoms with E-state index in [1.807, 2.05) is 6.92 Å². The van der Waals surface area contributed by atoms with Crippen LogP contribution in [0.3, 0.4) is 0 Å². The fourth-order valence-corrected chi connectivity index (χ4v) is 5.10. The first-order chi connectivity index (χ1) is 9.95. The van der Waals surface area contributed by atoms with Gasteiger partial charge in [-0.3, -0.25) is 0 Å². The van der Waals surface area contributed by atoms with E-state index in [0.717, 1.165) is 12.8 Å². The summed E-state index contributed by atoms with van der Waals surface area (Å²) in [5.74, 6) is -0.256. The lowest BCUT2D eigenvalue weighted by molar-refractivity contribution is 0.433. The number of sulfone groups is 1. The quantitative estimate of drug-likeness (QED) is 0.897. The van der Waals surface area contributed by atoms with Crippen LogP contribution in [0, 0.1) is 5.82 Å². The van der Waals surface area contributed by atoms with E-state index >= 15 is 0 Å². The van der Waals surface area contributed by atoms with Crippen LogP contribution in [0.4, 0.5) is 4.39 Å². The summed E-state index contributed by atoms with van der Waals surface area (Å²) in [5, 5.41) is 2.96. The standard InChI is InChI=1S/C15H21ClFNO2S/c1-2-8-18-15(12-7-6-11(16)10-13(12)17)14-5-3-4-9-21(14,19)20/h6-7,10,14-15,18H,2-5,8-9H2,1H3. The van der Waals surface area contributed by atoms with Gasteiger partial charge < -0.3 is 5.32 Å². The molecule has 0 aromatic heterocycles. The highest BCUT2D eigenvalue weighted by Gasteiger charge is 2.37. The minimum absolute atomic E-state index is 0.192. The van der Waals surface area contributed by atoms with E-state index < -0.39 is 26.9 Å². The third kappa shape index (κ3) is 3.96. The molecule has 2 atom stereocenters. The lowest BCUT2D eigenvalue weighted by atomic mass is 9.98. The Labute approximate surface area is 130 Å². The van der Waals surface area contributed by atoms with Gasteiger partial charge in [-0.2, -0.15) is 0 Å². The van der Waals surface area contributed by atoms with E-state index in [-0.39, 0.29) is 5.75 Å². The van der Waals surface area contributed by atoms with Crippen molar-refractivity contribution in [1.29, 1.82) is 0 Å². The Morgan fingerprint density at radius 3 is 2.81 bits per heavy atom. The maximum Gasteiger partial charge on any atom is 0.155 e. The van der Waals surface area contributed by atoms with Gasteiger partial charge in [0.1, 0.15) is 5.82 Å². The van der Waals surface area contributed by atoms with Crippen LogP contribution in [-0.2, 0) is 9.84 Å². The van der Waals surface area contributed by atoms with Crippen molar-refractivity contribution in [3.05, 3.63) is 34.6 Å². The van der Waals surface area contributed by atoms with E-state index in [0.29, 0.717) is 30.0 Å². The van der Waals surface area contributed by atoms with Crippen molar-refractivity contribution in [2.24, 2.45) is 0 Å². The Balaban J connectivity index is 2.37. The molecule has 1 aliphatic heterocycles. The molecule has 0 bridgehead atoms. The fraction of sp³-hybridized carbons (Fsp3) is 0.600. The van der Waals surface area contributed by atoms with Gasteiger partial charge in [0, 0.05) is 10.6 Å². The van der Waals surface area contributed by atoms with Crippen LogP contribution in [-0.4, -0.2) is 26.0 Å². The molecule has 1 aromatic carbocycles. The summed E-state index contributed by atoms with van der Waals surface area (Å²) >= 11 is 5.79. The SMILES string of the molecule is CCCNC(c1ccc(Cl)cc1F)C1CCCCS1(=O)=O. The van der Waals surface area contributed by atoms with Gasteiger partial charge in [-0.15, -0.1) is 0 Å². The summed E-state index contributed by atoms with van der Waals surface area (Å²) in [6.07, 6.45) is 3.00. The number of halogens is 2. The van der Waals surface area contributed by atoms with Crippen LogP contribution < -0.4 is 5.32 Å². The molecule has 0 spiro atoms. The molecule has 1 aromatic rings. The van der Waals surface area contributed by atoms with Crippen molar-refractivity contribution >= 4 is 21.4 Å². The number of hydrogen-bond acceptors (Lipinski definition) is 3. The lowest BCUT2D eigenvalue weighted by Gasteiger charge is -2.31. The van der Waals surface area contributed by atoms with Crippen molar-refractivity contribution in [2.75, 3.05) is 12.3 Å². The fourth-order valence-electron chi connectivity index (χ4n) is 2.85. The summed E-state index contributed by atoms with van der Waals surface area (Å²) in [4.78, 5) is 0. The molecule has 3 nitrogen and oxygen atoms in total. The predicted octanol–water partition coefficient (Wildman–Crippen LogP) is 3.49. The summed E-state index contributed by atoms with van der Waals surface area (Å²) in [6, 6.07) is 3.94. The smallest absolute Gasteiger partial charge is 0.155 e. The third-order valence-corrected chi connectivity index (χ3v) is 6.44. The average molecular weight is 334 g/mol. The maximum absolute atomic E-state index is 14.2. The van der Waals surface area contributed by atoms with Gasteiger partial charge in [0.25, 0.3) is 0 Å². The zero-order valence-electron chi connectivity index (χ0n) is 12.1. The lowest BCUT2D eigenvalue weighted by Crippen LogP contribution is -2.41. The van der Waals surface area contributed by atoms with Crippen LogP contribution >= 0.6 is 11.6 Å². The first-order valence-electron chi connectivity index (χ1n) is 7.35. The number of benzene rings is 1. The Hall–Kier alpha value is -0.650. The largest absolute Gasteiger partial charge is 0.309 e. The molecule has 2 unspecified atom stereocenters. The molecule has 0 aliphatic carbocycles. The van der Waals surface area contributed by atoms with Gasteiger partial charge >= 0.3 is 0 Å². The monoisotopic (exact) mass is 333 g/mol. The van der Waals surface area contributed by atoms with E-state index in [1.54, 1.807) is 12.1 Å². The summed E-state index contributed by atoms with van der Waals surface area (Å²) in [6.45, 7) is 2.65. The topological polar surface area (TPSA) is 46.2 Å². The molecule has 0 radical (unpaired) electrons. The highest BCUT2D eigenvalue weighted by atomic mass is 35.5. The summed E-state index contributed by atoms with van der Waals surface area (Å²) in [5.41, 5.74) is 0.392. The molecule has 1 saturated heterocycles. The zero-order chi connectivity index (χ0) is 15.5. The van der Waals surface area contributed by atoms with Crippen molar-refractivity contribution in [3.63, 3.8) is 0 Å². The maximum atomic E-state index is 14.2. The Bertz CT molecular complexity index is 591.